The molecule has 1 aliphatic carbocycles. The maximum Gasteiger partial charge on any atom is 0.401 e. The van der Waals surface area contributed by atoms with E-state index in [2.05, 4.69) is 5.32 Å². The second kappa shape index (κ2) is 5.70. The van der Waals surface area contributed by atoms with Gasteiger partial charge >= 0.3 is 6.18 Å². The number of nitrogens with two attached hydrogens (primary N) is 1. The summed E-state index contributed by atoms with van der Waals surface area (Å²) in [6.07, 6.45) is 0.0532. The van der Waals surface area contributed by atoms with Gasteiger partial charge in [-0.05, 0) is 50.6 Å². The van der Waals surface area contributed by atoms with E-state index in [1.807, 2.05) is 0 Å². The van der Waals surface area contributed by atoms with Crippen molar-refractivity contribution in [1.29, 1.82) is 0 Å². The van der Waals surface area contributed by atoms with Gasteiger partial charge in [-0.2, -0.15) is 13.2 Å². The molecule has 0 aromatic carbocycles. The Kier molecular flexibility index (Phi) is 4.86. The molecule has 0 bridgehead atoms. The molecule has 90 valence electrons. The van der Waals surface area contributed by atoms with Crippen LogP contribution in [-0.4, -0.2) is 25.8 Å². The Balaban J connectivity index is 2.09. The smallest absolute Gasteiger partial charge is 0.330 e. The Hall–Kier alpha value is -0.290. The monoisotopic (exact) mass is 224 g/mol. The van der Waals surface area contributed by atoms with Crippen molar-refractivity contribution >= 4 is 0 Å². The van der Waals surface area contributed by atoms with Crippen molar-refractivity contribution in [3.8, 4) is 0 Å². The van der Waals surface area contributed by atoms with Gasteiger partial charge in [0.15, 0.2) is 0 Å². The van der Waals surface area contributed by atoms with Crippen molar-refractivity contribution in [3.63, 3.8) is 0 Å². The summed E-state index contributed by atoms with van der Waals surface area (Å²) < 4.78 is 35.5. The van der Waals surface area contributed by atoms with Crippen LogP contribution in [0.1, 0.15) is 25.7 Å². The van der Waals surface area contributed by atoms with Crippen LogP contribution in [0.4, 0.5) is 13.2 Å². The van der Waals surface area contributed by atoms with E-state index in [0.29, 0.717) is 24.9 Å². The van der Waals surface area contributed by atoms with E-state index in [9.17, 15) is 13.2 Å². The van der Waals surface area contributed by atoms with Gasteiger partial charge in [-0.25, -0.2) is 0 Å². The molecule has 0 aliphatic heterocycles. The van der Waals surface area contributed by atoms with Crippen molar-refractivity contribution in [2.24, 2.45) is 17.6 Å². The normalized spacial score (nSPS) is 28.0. The molecule has 3 N–H and O–H groups in total. The van der Waals surface area contributed by atoms with Crippen molar-refractivity contribution in [2.45, 2.75) is 31.9 Å². The zero-order valence-corrected chi connectivity index (χ0v) is 8.82. The highest BCUT2D eigenvalue weighted by molar-refractivity contribution is 4.74. The molecule has 0 saturated heterocycles. The fourth-order valence-electron chi connectivity index (χ4n) is 2.09. The van der Waals surface area contributed by atoms with Crippen LogP contribution in [0.2, 0.25) is 0 Å². The summed E-state index contributed by atoms with van der Waals surface area (Å²) in [4.78, 5) is 0. The molecule has 1 aliphatic rings. The molecule has 0 aromatic heterocycles. The van der Waals surface area contributed by atoms with E-state index >= 15 is 0 Å². The van der Waals surface area contributed by atoms with Crippen LogP contribution in [0.15, 0.2) is 0 Å². The van der Waals surface area contributed by atoms with Gasteiger partial charge in [0.1, 0.15) is 0 Å². The summed E-state index contributed by atoms with van der Waals surface area (Å²) in [6.45, 7) is 0.323. The molecule has 0 aromatic rings. The number of rotatable bonds is 4. The van der Waals surface area contributed by atoms with E-state index in [1.54, 1.807) is 0 Å². The molecular weight excluding hydrogens is 205 g/mol. The second-order valence-corrected chi connectivity index (χ2v) is 4.37. The molecule has 0 spiro atoms. The zero-order chi connectivity index (χ0) is 11.3. The summed E-state index contributed by atoms with van der Waals surface area (Å²) >= 11 is 0. The predicted molar refractivity (Wildman–Crippen MR) is 53.4 cm³/mol. The lowest BCUT2D eigenvalue weighted by molar-refractivity contribution is -0.125. The van der Waals surface area contributed by atoms with Crippen molar-refractivity contribution in [2.75, 3.05) is 19.6 Å². The van der Waals surface area contributed by atoms with Crippen LogP contribution >= 0.6 is 0 Å². The maximum absolute atomic E-state index is 11.8. The number of hydrogen-bond donors (Lipinski definition) is 2. The van der Waals surface area contributed by atoms with Crippen LogP contribution in [0.5, 0.6) is 0 Å². The average molecular weight is 224 g/mol. The molecule has 0 radical (unpaired) electrons. The lowest BCUT2D eigenvalue weighted by Gasteiger charge is -2.27. The molecular formula is C10H19F3N2. The van der Waals surface area contributed by atoms with E-state index < -0.39 is 12.7 Å². The van der Waals surface area contributed by atoms with Gasteiger partial charge in [0.2, 0.25) is 0 Å². The summed E-state index contributed by atoms with van der Waals surface area (Å²) in [5, 5.41) is 2.47. The molecule has 0 unspecified atom stereocenters. The largest absolute Gasteiger partial charge is 0.401 e. The van der Waals surface area contributed by atoms with Gasteiger partial charge in [0, 0.05) is 0 Å². The Morgan fingerprint density at radius 3 is 2.07 bits per heavy atom. The molecule has 1 rings (SSSR count). The first-order chi connectivity index (χ1) is 7.01. The minimum absolute atomic E-state index is 0.398. The quantitative estimate of drug-likeness (QED) is 0.765. The Bertz CT molecular complexity index is 174. The summed E-state index contributed by atoms with van der Waals surface area (Å²) in [6, 6.07) is 0. The van der Waals surface area contributed by atoms with Crippen molar-refractivity contribution in [1.82, 2.24) is 5.32 Å². The summed E-state index contributed by atoms with van der Waals surface area (Å²) in [5.41, 5.74) is 5.54. The molecule has 0 amide bonds. The van der Waals surface area contributed by atoms with Crippen LogP contribution in [0.3, 0.4) is 0 Å². The van der Waals surface area contributed by atoms with Gasteiger partial charge in [-0.1, -0.05) is 0 Å². The SMILES string of the molecule is NCC1CCC(CNCC(F)(F)F)CC1. The predicted octanol–water partition coefficient (Wildman–Crippen LogP) is 1.90. The summed E-state index contributed by atoms with van der Waals surface area (Å²) in [7, 11) is 0. The first kappa shape index (κ1) is 12.8. The highest BCUT2D eigenvalue weighted by atomic mass is 19.4. The van der Waals surface area contributed by atoms with Gasteiger partial charge < -0.3 is 11.1 Å². The van der Waals surface area contributed by atoms with Crippen LogP contribution in [0, 0.1) is 11.8 Å². The average Bonchev–Trinajstić information content (AvgIpc) is 2.17. The van der Waals surface area contributed by atoms with Crippen LogP contribution in [-0.2, 0) is 0 Å². The van der Waals surface area contributed by atoms with Gasteiger partial charge in [-0.3, -0.25) is 0 Å². The highest BCUT2D eigenvalue weighted by Gasteiger charge is 2.27. The topological polar surface area (TPSA) is 38.0 Å². The minimum atomic E-state index is -4.09. The van der Waals surface area contributed by atoms with Crippen molar-refractivity contribution < 1.29 is 13.2 Å². The third-order valence-corrected chi connectivity index (χ3v) is 3.06. The molecule has 2 nitrogen and oxygen atoms in total. The first-order valence-electron chi connectivity index (χ1n) is 5.49. The van der Waals surface area contributed by atoms with Gasteiger partial charge in [0.25, 0.3) is 0 Å². The molecule has 1 fully saturated rings. The fraction of sp³-hybridized carbons (Fsp3) is 1.00. The number of hydrogen-bond acceptors (Lipinski definition) is 2. The zero-order valence-electron chi connectivity index (χ0n) is 8.82. The molecule has 0 heterocycles. The lowest BCUT2D eigenvalue weighted by atomic mass is 9.82. The number of halogens is 3. The first-order valence-corrected chi connectivity index (χ1v) is 5.49. The fourth-order valence-corrected chi connectivity index (χ4v) is 2.09. The molecule has 0 atom stereocenters. The minimum Gasteiger partial charge on any atom is -0.330 e. The molecule has 15 heavy (non-hydrogen) atoms. The Morgan fingerprint density at radius 1 is 1.07 bits per heavy atom. The Morgan fingerprint density at radius 2 is 1.60 bits per heavy atom. The van der Waals surface area contributed by atoms with Gasteiger partial charge in [0.05, 0.1) is 6.54 Å². The Labute approximate surface area is 88.4 Å². The van der Waals surface area contributed by atoms with Crippen LogP contribution in [0.25, 0.3) is 0 Å². The van der Waals surface area contributed by atoms with E-state index in [0.717, 1.165) is 25.7 Å². The van der Waals surface area contributed by atoms with Crippen LogP contribution < -0.4 is 11.1 Å². The van der Waals surface area contributed by atoms with Crippen molar-refractivity contribution in [3.05, 3.63) is 0 Å². The lowest BCUT2D eigenvalue weighted by Crippen LogP contribution is -2.34. The van der Waals surface area contributed by atoms with E-state index in [1.165, 1.54) is 0 Å². The third kappa shape index (κ3) is 5.37. The van der Waals surface area contributed by atoms with E-state index in [4.69, 9.17) is 5.73 Å². The molecule has 5 heteroatoms. The number of nitrogens with one attached hydrogen (secondary N) is 1. The second-order valence-electron chi connectivity index (χ2n) is 4.37. The number of alkyl halides is 3. The van der Waals surface area contributed by atoms with E-state index in [-0.39, 0.29) is 0 Å². The third-order valence-electron chi connectivity index (χ3n) is 3.06. The van der Waals surface area contributed by atoms with Gasteiger partial charge in [-0.15, -0.1) is 0 Å². The maximum atomic E-state index is 11.8. The summed E-state index contributed by atoms with van der Waals surface area (Å²) in [5.74, 6) is 0.985. The highest BCUT2D eigenvalue weighted by Crippen LogP contribution is 2.27. The standard InChI is InChI=1S/C10H19F3N2/c11-10(12,13)7-15-6-9-3-1-8(5-14)2-4-9/h8-9,15H,1-7,14H2. The molecule has 1 saturated carbocycles.